The average Bonchev–Trinajstić information content (AvgIpc) is 2.59. The largest absolute Gasteiger partial charge is 0.478 e. The van der Waals surface area contributed by atoms with E-state index in [0.717, 1.165) is 0 Å². The number of carbonyl (C=O) groups excluding carboxylic acids is 1. The Labute approximate surface area is 104 Å². The van der Waals surface area contributed by atoms with E-state index in [1.54, 1.807) is 14.0 Å². The van der Waals surface area contributed by atoms with Crippen LogP contribution in [0, 0.1) is 6.92 Å². The molecule has 6 heteroatoms. The van der Waals surface area contributed by atoms with Gasteiger partial charge in [0.15, 0.2) is 0 Å². The van der Waals surface area contributed by atoms with Gasteiger partial charge in [0, 0.05) is 7.05 Å². The van der Waals surface area contributed by atoms with E-state index >= 15 is 0 Å². The van der Waals surface area contributed by atoms with Crippen molar-refractivity contribution >= 4 is 23.6 Å². The molecule has 0 spiro atoms. The van der Waals surface area contributed by atoms with Crippen LogP contribution >= 0.6 is 11.8 Å². The van der Waals surface area contributed by atoms with E-state index in [0.29, 0.717) is 17.3 Å². The van der Waals surface area contributed by atoms with Crippen molar-refractivity contribution < 1.29 is 19.1 Å². The van der Waals surface area contributed by atoms with Gasteiger partial charge in [-0.25, -0.2) is 4.79 Å². The summed E-state index contributed by atoms with van der Waals surface area (Å²) in [6.07, 6.45) is 1.85. The standard InChI is InChI=1S/C11H15NO4S/c1-7-9(11(14)15)4-8(16-7)5-12(2)10(13)6-17-3/h4H,5-6H2,1-3H3,(H,14,15). The summed E-state index contributed by atoms with van der Waals surface area (Å²) in [5.41, 5.74) is 0.144. The zero-order valence-electron chi connectivity index (χ0n) is 10.0. The molecule has 0 aromatic carbocycles. The molecule has 1 aromatic heterocycles. The van der Waals surface area contributed by atoms with Crippen LogP contribution in [-0.4, -0.2) is 40.9 Å². The maximum absolute atomic E-state index is 11.5. The Kier molecular flexibility index (Phi) is 4.62. The smallest absolute Gasteiger partial charge is 0.339 e. The van der Waals surface area contributed by atoms with Crippen LogP contribution in [0.2, 0.25) is 0 Å². The van der Waals surface area contributed by atoms with E-state index in [1.807, 2.05) is 6.26 Å². The topological polar surface area (TPSA) is 70.8 Å². The van der Waals surface area contributed by atoms with Crippen molar-refractivity contribution in [3.63, 3.8) is 0 Å². The molecule has 17 heavy (non-hydrogen) atoms. The maximum Gasteiger partial charge on any atom is 0.339 e. The van der Waals surface area contributed by atoms with Gasteiger partial charge < -0.3 is 14.4 Å². The Balaban J connectivity index is 2.72. The number of hydrogen-bond acceptors (Lipinski definition) is 4. The number of thioether (sulfide) groups is 1. The number of hydrogen-bond donors (Lipinski definition) is 1. The molecule has 1 aromatic rings. The highest BCUT2D eigenvalue weighted by Gasteiger charge is 2.16. The molecule has 94 valence electrons. The highest BCUT2D eigenvalue weighted by atomic mass is 32.2. The number of nitrogens with zero attached hydrogens (tertiary/aromatic N) is 1. The summed E-state index contributed by atoms with van der Waals surface area (Å²) in [5.74, 6) is 0.219. The lowest BCUT2D eigenvalue weighted by molar-refractivity contribution is -0.127. The van der Waals surface area contributed by atoms with Crippen LogP contribution < -0.4 is 0 Å². The van der Waals surface area contributed by atoms with Gasteiger partial charge in [-0.15, -0.1) is 0 Å². The molecule has 0 radical (unpaired) electrons. The van der Waals surface area contributed by atoms with Crippen molar-refractivity contribution in [2.75, 3.05) is 19.1 Å². The molecule has 1 rings (SSSR count). The summed E-state index contributed by atoms with van der Waals surface area (Å²) in [6.45, 7) is 1.88. The van der Waals surface area contributed by atoms with Gasteiger partial charge in [0.2, 0.25) is 5.91 Å². The fourth-order valence-electron chi connectivity index (χ4n) is 1.39. The number of carbonyl (C=O) groups is 2. The molecule has 1 heterocycles. The van der Waals surface area contributed by atoms with E-state index in [4.69, 9.17) is 9.52 Å². The Morgan fingerprint density at radius 2 is 2.18 bits per heavy atom. The van der Waals surface area contributed by atoms with Crippen LogP contribution in [0.4, 0.5) is 0 Å². The summed E-state index contributed by atoms with van der Waals surface area (Å²) in [7, 11) is 1.66. The first-order valence-corrected chi connectivity index (χ1v) is 6.40. The Bertz CT molecular complexity index is 427. The van der Waals surface area contributed by atoms with E-state index in [1.165, 1.54) is 22.7 Å². The third-order valence-corrected chi connectivity index (χ3v) is 2.82. The van der Waals surface area contributed by atoms with Crippen LogP contribution in [-0.2, 0) is 11.3 Å². The summed E-state index contributed by atoms with van der Waals surface area (Å²) < 4.78 is 5.29. The average molecular weight is 257 g/mol. The van der Waals surface area contributed by atoms with Gasteiger partial charge in [-0.2, -0.15) is 11.8 Å². The predicted octanol–water partition coefficient (Wildman–Crippen LogP) is 1.61. The van der Waals surface area contributed by atoms with Crippen LogP contribution in [0.25, 0.3) is 0 Å². The Morgan fingerprint density at radius 1 is 1.53 bits per heavy atom. The highest BCUT2D eigenvalue weighted by Crippen LogP contribution is 2.16. The third-order valence-electron chi connectivity index (χ3n) is 2.29. The van der Waals surface area contributed by atoms with Crippen molar-refractivity contribution in [1.82, 2.24) is 4.90 Å². The van der Waals surface area contributed by atoms with Crippen molar-refractivity contribution in [3.05, 3.63) is 23.2 Å². The SMILES string of the molecule is CSCC(=O)N(C)Cc1cc(C(=O)O)c(C)o1. The molecule has 1 N–H and O–H groups in total. The predicted molar refractivity (Wildman–Crippen MR) is 65.3 cm³/mol. The molecular formula is C11H15NO4S. The first-order chi connectivity index (χ1) is 7.95. The molecule has 0 unspecified atom stereocenters. The first kappa shape index (κ1) is 13.6. The lowest BCUT2D eigenvalue weighted by atomic mass is 10.2. The summed E-state index contributed by atoms with van der Waals surface area (Å²) in [5, 5.41) is 8.86. The number of aromatic carboxylic acids is 1. The normalized spacial score (nSPS) is 10.3. The molecule has 0 saturated carbocycles. The molecular weight excluding hydrogens is 242 g/mol. The fourth-order valence-corrected chi connectivity index (χ4v) is 1.86. The third kappa shape index (κ3) is 3.52. The Hall–Kier alpha value is -1.43. The molecule has 1 amide bonds. The van der Waals surface area contributed by atoms with E-state index < -0.39 is 5.97 Å². The van der Waals surface area contributed by atoms with Crippen molar-refractivity contribution in [2.24, 2.45) is 0 Å². The van der Waals surface area contributed by atoms with E-state index in [-0.39, 0.29) is 18.0 Å². The molecule has 5 nitrogen and oxygen atoms in total. The lowest BCUT2D eigenvalue weighted by Crippen LogP contribution is -2.27. The van der Waals surface area contributed by atoms with Crippen LogP contribution in [0.3, 0.4) is 0 Å². The second-order valence-electron chi connectivity index (χ2n) is 3.67. The van der Waals surface area contributed by atoms with E-state index in [2.05, 4.69) is 0 Å². The molecule has 0 fully saturated rings. The lowest BCUT2D eigenvalue weighted by Gasteiger charge is -2.14. The summed E-state index contributed by atoms with van der Waals surface area (Å²) >= 11 is 1.45. The first-order valence-electron chi connectivity index (χ1n) is 5.01. The quantitative estimate of drug-likeness (QED) is 0.867. The minimum Gasteiger partial charge on any atom is -0.478 e. The van der Waals surface area contributed by atoms with Gasteiger partial charge in [0.05, 0.1) is 12.3 Å². The number of carboxylic acid groups (broad SMARTS) is 1. The molecule has 0 bridgehead atoms. The second kappa shape index (κ2) is 5.77. The maximum atomic E-state index is 11.5. The molecule has 0 aliphatic carbocycles. The van der Waals surface area contributed by atoms with Gasteiger partial charge in [-0.05, 0) is 19.2 Å². The summed E-state index contributed by atoms with van der Waals surface area (Å²) in [4.78, 5) is 23.8. The van der Waals surface area contributed by atoms with Gasteiger partial charge in [-0.3, -0.25) is 4.79 Å². The van der Waals surface area contributed by atoms with Crippen LogP contribution in [0.1, 0.15) is 21.9 Å². The zero-order valence-corrected chi connectivity index (χ0v) is 10.8. The fraction of sp³-hybridized carbons (Fsp3) is 0.455. The monoisotopic (exact) mass is 257 g/mol. The van der Waals surface area contributed by atoms with E-state index in [9.17, 15) is 9.59 Å². The van der Waals surface area contributed by atoms with Crippen molar-refractivity contribution in [1.29, 1.82) is 0 Å². The molecule has 0 saturated heterocycles. The van der Waals surface area contributed by atoms with Crippen LogP contribution in [0.5, 0.6) is 0 Å². The number of amides is 1. The van der Waals surface area contributed by atoms with Gasteiger partial charge in [-0.1, -0.05) is 0 Å². The van der Waals surface area contributed by atoms with Crippen molar-refractivity contribution in [2.45, 2.75) is 13.5 Å². The van der Waals surface area contributed by atoms with Crippen LogP contribution in [0.15, 0.2) is 10.5 Å². The highest BCUT2D eigenvalue weighted by molar-refractivity contribution is 7.99. The van der Waals surface area contributed by atoms with Gasteiger partial charge >= 0.3 is 5.97 Å². The van der Waals surface area contributed by atoms with Gasteiger partial charge in [0.1, 0.15) is 17.1 Å². The van der Waals surface area contributed by atoms with Gasteiger partial charge in [0.25, 0.3) is 0 Å². The molecule has 0 aliphatic rings. The molecule has 0 atom stereocenters. The number of aryl methyl sites for hydroxylation is 1. The number of furan rings is 1. The zero-order chi connectivity index (χ0) is 13.0. The minimum atomic E-state index is -1.02. The summed E-state index contributed by atoms with van der Waals surface area (Å²) in [6, 6.07) is 1.46. The Morgan fingerprint density at radius 3 is 2.65 bits per heavy atom. The minimum absolute atomic E-state index is 0.0107. The molecule has 0 aliphatic heterocycles. The number of carboxylic acids is 1. The number of rotatable bonds is 5. The second-order valence-corrected chi connectivity index (χ2v) is 4.54. The van der Waals surface area contributed by atoms with Crippen molar-refractivity contribution in [3.8, 4) is 0 Å².